The molecule has 0 radical (unpaired) electrons. The molecule has 0 spiro atoms. The molecule has 18 heavy (non-hydrogen) atoms. The van der Waals surface area contributed by atoms with Gasteiger partial charge in [0.05, 0.1) is 19.4 Å². The maximum absolute atomic E-state index is 5.60. The topological polar surface area (TPSA) is 37.6 Å². The molecule has 1 aromatic rings. The summed E-state index contributed by atoms with van der Waals surface area (Å²) in [6, 6.07) is 2.53. The largest absolute Gasteiger partial charge is 0.468 e. The van der Waals surface area contributed by atoms with Crippen LogP contribution in [0.4, 0.5) is 0 Å². The Hall–Kier alpha value is -0.840. The minimum absolute atomic E-state index is 0.405. The Morgan fingerprint density at radius 2 is 2.22 bits per heavy atom. The molecule has 0 amide bonds. The number of hydrogen-bond donors (Lipinski definition) is 1. The second-order valence-electron chi connectivity index (χ2n) is 4.57. The third-order valence-electron chi connectivity index (χ3n) is 3.08. The summed E-state index contributed by atoms with van der Waals surface area (Å²) in [6.07, 6.45) is 1.84. The van der Waals surface area contributed by atoms with E-state index < -0.39 is 0 Å². The van der Waals surface area contributed by atoms with Crippen molar-refractivity contribution >= 4 is 0 Å². The van der Waals surface area contributed by atoms with Crippen LogP contribution in [0, 0.1) is 0 Å². The second-order valence-corrected chi connectivity index (χ2v) is 4.57. The van der Waals surface area contributed by atoms with Crippen LogP contribution in [0.1, 0.15) is 32.1 Å². The van der Waals surface area contributed by atoms with E-state index in [4.69, 9.17) is 9.15 Å². The van der Waals surface area contributed by atoms with E-state index in [9.17, 15) is 0 Å². The van der Waals surface area contributed by atoms with E-state index in [0.717, 1.165) is 38.5 Å². The van der Waals surface area contributed by atoms with Crippen molar-refractivity contribution in [2.24, 2.45) is 0 Å². The fourth-order valence-corrected chi connectivity index (χ4v) is 2.00. The highest BCUT2D eigenvalue weighted by Crippen LogP contribution is 2.12. The number of rotatable bonds is 9. The number of likely N-dealkylation sites (N-methyl/N-ethyl adjacent to an activating group) is 1. The lowest BCUT2D eigenvalue weighted by Gasteiger charge is -2.26. The van der Waals surface area contributed by atoms with E-state index in [-0.39, 0.29) is 0 Å². The molecule has 0 aliphatic heterocycles. The van der Waals surface area contributed by atoms with Crippen LogP contribution in [-0.4, -0.2) is 37.7 Å². The molecule has 4 heteroatoms. The van der Waals surface area contributed by atoms with Gasteiger partial charge in [-0.25, -0.2) is 0 Å². The predicted molar refractivity (Wildman–Crippen MR) is 73.5 cm³/mol. The Labute approximate surface area is 110 Å². The highest BCUT2D eigenvalue weighted by atomic mass is 16.5. The first-order chi connectivity index (χ1) is 8.71. The third-order valence-corrected chi connectivity index (χ3v) is 3.08. The molecule has 1 heterocycles. The van der Waals surface area contributed by atoms with Gasteiger partial charge in [-0.15, -0.1) is 0 Å². The molecule has 0 fully saturated rings. The Morgan fingerprint density at radius 3 is 2.83 bits per heavy atom. The maximum atomic E-state index is 5.60. The fourth-order valence-electron chi connectivity index (χ4n) is 2.00. The number of hydrogen-bond acceptors (Lipinski definition) is 4. The number of ether oxygens (including phenoxy) is 1. The van der Waals surface area contributed by atoms with Crippen molar-refractivity contribution in [1.82, 2.24) is 10.2 Å². The highest BCUT2D eigenvalue weighted by molar-refractivity contribution is 5.12. The van der Waals surface area contributed by atoms with Gasteiger partial charge in [-0.2, -0.15) is 0 Å². The SMILES string of the molecule is CCNCc1coc(CN(CC)C(C)COC)c1. The first kappa shape index (κ1) is 15.2. The van der Waals surface area contributed by atoms with Gasteiger partial charge in [0, 0.05) is 25.3 Å². The van der Waals surface area contributed by atoms with Crippen LogP contribution in [-0.2, 0) is 17.8 Å². The van der Waals surface area contributed by atoms with E-state index in [1.165, 1.54) is 5.56 Å². The summed E-state index contributed by atoms with van der Waals surface area (Å²) < 4.78 is 10.8. The highest BCUT2D eigenvalue weighted by Gasteiger charge is 2.14. The zero-order chi connectivity index (χ0) is 13.4. The molecule has 1 atom stereocenters. The standard InChI is InChI=1S/C14H26N2O2/c1-5-15-8-13-7-14(18-11-13)9-16(6-2)12(3)10-17-4/h7,11-12,15H,5-6,8-10H2,1-4H3. The minimum atomic E-state index is 0.405. The summed E-state index contributed by atoms with van der Waals surface area (Å²) in [5.41, 5.74) is 1.21. The van der Waals surface area contributed by atoms with Gasteiger partial charge in [-0.1, -0.05) is 13.8 Å². The normalized spacial score (nSPS) is 13.2. The maximum Gasteiger partial charge on any atom is 0.118 e. The first-order valence-corrected chi connectivity index (χ1v) is 6.71. The van der Waals surface area contributed by atoms with Crippen LogP contribution in [0.25, 0.3) is 0 Å². The van der Waals surface area contributed by atoms with Gasteiger partial charge in [-0.05, 0) is 26.1 Å². The first-order valence-electron chi connectivity index (χ1n) is 6.71. The van der Waals surface area contributed by atoms with Crippen LogP contribution >= 0.6 is 0 Å². The lowest BCUT2D eigenvalue weighted by Crippen LogP contribution is -2.35. The Kier molecular flexibility index (Phi) is 7.01. The van der Waals surface area contributed by atoms with Crippen LogP contribution < -0.4 is 5.32 Å². The zero-order valence-corrected chi connectivity index (χ0v) is 12.0. The van der Waals surface area contributed by atoms with Gasteiger partial charge in [0.1, 0.15) is 5.76 Å². The molecule has 4 nitrogen and oxygen atoms in total. The van der Waals surface area contributed by atoms with Crippen LogP contribution in [0.2, 0.25) is 0 Å². The molecule has 1 aromatic heterocycles. The van der Waals surface area contributed by atoms with E-state index >= 15 is 0 Å². The van der Waals surface area contributed by atoms with Crippen molar-refractivity contribution in [3.05, 3.63) is 23.7 Å². The molecule has 0 saturated heterocycles. The van der Waals surface area contributed by atoms with Crippen molar-refractivity contribution in [1.29, 1.82) is 0 Å². The Morgan fingerprint density at radius 1 is 1.44 bits per heavy atom. The number of nitrogens with one attached hydrogen (secondary N) is 1. The molecule has 1 rings (SSSR count). The molecule has 0 aliphatic rings. The molecule has 104 valence electrons. The lowest BCUT2D eigenvalue weighted by atomic mass is 10.2. The molecule has 0 aliphatic carbocycles. The summed E-state index contributed by atoms with van der Waals surface area (Å²) in [7, 11) is 1.74. The van der Waals surface area contributed by atoms with Gasteiger partial charge in [-0.3, -0.25) is 4.90 Å². The van der Waals surface area contributed by atoms with Crippen molar-refractivity contribution in [3.8, 4) is 0 Å². The van der Waals surface area contributed by atoms with Gasteiger partial charge in [0.15, 0.2) is 0 Å². The average molecular weight is 254 g/mol. The fraction of sp³-hybridized carbons (Fsp3) is 0.714. The van der Waals surface area contributed by atoms with Gasteiger partial charge >= 0.3 is 0 Å². The van der Waals surface area contributed by atoms with Crippen molar-refractivity contribution in [2.75, 3.05) is 26.8 Å². The van der Waals surface area contributed by atoms with E-state index in [0.29, 0.717) is 6.04 Å². The van der Waals surface area contributed by atoms with E-state index in [1.54, 1.807) is 7.11 Å². The predicted octanol–water partition coefficient (Wildman–Crippen LogP) is 2.25. The molecule has 1 unspecified atom stereocenters. The van der Waals surface area contributed by atoms with E-state index in [1.807, 2.05) is 6.26 Å². The summed E-state index contributed by atoms with van der Waals surface area (Å²) in [4.78, 5) is 2.35. The number of methoxy groups -OCH3 is 1. The Balaban J connectivity index is 2.50. The summed E-state index contributed by atoms with van der Waals surface area (Å²) in [6.45, 7) is 10.9. The lowest BCUT2D eigenvalue weighted by molar-refractivity contribution is 0.0936. The summed E-state index contributed by atoms with van der Waals surface area (Å²) >= 11 is 0. The molecule has 0 saturated carbocycles. The second kappa shape index (κ2) is 8.29. The van der Waals surface area contributed by atoms with E-state index in [2.05, 4.69) is 37.1 Å². The monoisotopic (exact) mass is 254 g/mol. The molecule has 0 aromatic carbocycles. The van der Waals surface area contributed by atoms with Crippen LogP contribution in [0.3, 0.4) is 0 Å². The summed E-state index contributed by atoms with van der Waals surface area (Å²) in [5.74, 6) is 1.02. The molecular weight excluding hydrogens is 228 g/mol. The van der Waals surface area contributed by atoms with Crippen molar-refractivity contribution in [3.63, 3.8) is 0 Å². The van der Waals surface area contributed by atoms with Crippen molar-refractivity contribution in [2.45, 2.75) is 39.9 Å². The Bertz CT molecular complexity index is 325. The quantitative estimate of drug-likeness (QED) is 0.733. The van der Waals surface area contributed by atoms with Gasteiger partial charge in [0.25, 0.3) is 0 Å². The average Bonchev–Trinajstić information content (AvgIpc) is 2.81. The van der Waals surface area contributed by atoms with Crippen molar-refractivity contribution < 1.29 is 9.15 Å². The summed E-state index contributed by atoms with van der Waals surface area (Å²) in [5, 5.41) is 3.29. The third kappa shape index (κ3) is 4.80. The molecule has 1 N–H and O–H groups in total. The molecule has 0 bridgehead atoms. The van der Waals surface area contributed by atoms with Crippen LogP contribution in [0.5, 0.6) is 0 Å². The number of nitrogens with zero attached hydrogens (tertiary/aromatic N) is 1. The van der Waals surface area contributed by atoms with Gasteiger partial charge in [0.2, 0.25) is 0 Å². The van der Waals surface area contributed by atoms with Gasteiger partial charge < -0.3 is 14.5 Å². The van der Waals surface area contributed by atoms with Crippen LogP contribution in [0.15, 0.2) is 16.7 Å². The molecular formula is C14H26N2O2. The smallest absolute Gasteiger partial charge is 0.118 e. The zero-order valence-electron chi connectivity index (χ0n) is 12.0. The minimum Gasteiger partial charge on any atom is -0.468 e. The number of furan rings is 1.